The Kier molecular flexibility index (Phi) is 4.24. The number of hydrogen-bond donors (Lipinski definition) is 0. The van der Waals surface area contributed by atoms with E-state index < -0.39 is 0 Å². The molecule has 6 nitrogen and oxygen atoms in total. The Morgan fingerprint density at radius 1 is 0.475 bits per heavy atom. The molecule has 4 aromatic heterocycles. The van der Waals surface area contributed by atoms with Crippen LogP contribution in [0.4, 0.5) is 0 Å². The highest BCUT2D eigenvalue weighted by Crippen LogP contribution is 2.46. The minimum absolute atomic E-state index is 0.901. The summed E-state index contributed by atoms with van der Waals surface area (Å²) in [5.41, 5.74) is 8.39. The summed E-state index contributed by atoms with van der Waals surface area (Å²) in [5, 5.41) is 6.58. The second-order valence-electron chi connectivity index (χ2n) is 10.0. The lowest BCUT2D eigenvalue weighted by Gasteiger charge is -2.14. The topological polar surface area (TPSA) is 61.4 Å². The first-order valence-electron chi connectivity index (χ1n) is 13.2. The van der Waals surface area contributed by atoms with Gasteiger partial charge in [-0.3, -0.25) is 0 Å². The zero-order chi connectivity index (χ0) is 26.2. The molecule has 0 aliphatic rings. The highest BCUT2D eigenvalue weighted by Gasteiger charge is 2.25. The summed E-state index contributed by atoms with van der Waals surface area (Å²) < 4.78 is 4.75. The number of benzene rings is 5. The van der Waals surface area contributed by atoms with E-state index in [0.717, 1.165) is 71.4 Å². The number of nitrogens with zero attached hydrogens (tertiary/aromatic N) is 6. The summed E-state index contributed by atoms with van der Waals surface area (Å²) >= 11 is 0. The third kappa shape index (κ3) is 2.71. The van der Waals surface area contributed by atoms with Gasteiger partial charge in [0, 0.05) is 50.4 Å². The normalized spacial score (nSPS) is 12.0. The van der Waals surface area contributed by atoms with Gasteiger partial charge in [0.05, 0.1) is 38.8 Å². The fraction of sp³-hybridized carbons (Fsp3) is 0. The van der Waals surface area contributed by atoms with Crippen molar-refractivity contribution < 1.29 is 0 Å². The van der Waals surface area contributed by atoms with Gasteiger partial charge in [-0.05, 0) is 30.3 Å². The molecule has 0 amide bonds. The molecule has 9 rings (SSSR count). The third-order valence-corrected chi connectivity index (χ3v) is 7.96. The Bertz CT molecular complexity index is 2430. The van der Waals surface area contributed by atoms with Crippen molar-refractivity contribution in [1.82, 2.24) is 29.1 Å². The first-order valence-corrected chi connectivity index (χ1v) is 13.2. The van der Waals surface area contributed by atoms with Crippen LogP contribution in [0.2, 0.25) is 0 Å². The van der Waals surface area contributed by atoms with Gasteiger partial charge in [-0.25, -0.2) is 19.9 Å². The molecule has 0 unspecified atom stereocenters. The maximum Gasteiger partial charge on any atom is 0.116 e. The zero-order valence-electron chi connectivity index (χ0n) is 21.2. The van der Waals surface area contributed by atoms with Gasteiger partial charge in [0.15, 0.2) is 0 Å². The first kappa shape index (κ1) is 21.3. The smallest absolute Gasteiger partial charge is 0.116 e. The molecule has 0 radical (unpaired) electrons. The molecule has 0 saturated carbocycles. The molecular formula is C34H20N6. The van der Waals surface area contributed by atoms with E-state index in [9.17, 15) is 0 Å². The average Bonchev–Trinajstić information content (AvgIpc) is 3.55. The van der Waals surface area contributed by atoms with Crippen molar-refractivity contribution in [1.29, 1.82) is 0 Å². The molecular weight excluding hydrogens is 492 g/mol. The van der Waals surface area contributed by atoms with Crippen molar-refractivity contribution in [2.75, 3.05) is 0 Å². The molecule has 0 saturated heterocycles. The van der Waals surface area contributed by atoms with Crippen molar-refractivity contribution in [3.63, 3.8) is 0 Å². The van der Waals surface area contributed by atoms with Gasteiger partial charge in [0.2, 0.25) is 0 Å². The molecule has 0 aliphatic carbocycles. The number of aromatic nitrogens is 6. The molecule has 186 valence electrons. The molecule has 9 aromatic rings. The Morgan fingerprint density at radius 3 is 1.95 bits per heavy atom. The summed E-state index contributed by atoms with van der Waals surface area (Å²) in [4.78, 5) is 18.5. The number of hydrogen-bond acceptors (Lipinski definition) is 4. The molecule has 0 N–H and O–H groups in total. The van der Waals surface area contributed by atoms with Crippen molar-refractivity contribution >= 4 is 65.4 Å². The molecule has 40 heavy (non-hydrogen) atoms. The predicted octanol–water partition coefficient (Wildman–Crippen LogP) is 7.77. The molecule has 5 aromatic carbocycles. The highest BCUT2D eigenvalue weighted by molar-refractivity contribution is 6.35. The van der Waals surface area contributed by atoms with Crippen LogP contribution in [0.3, 0.4) is 0 Å². The molecule has 4 heterocycles. The monoisotopic (exact) mass is 512 g/mol. The van der Waals surface area contributed by atoms with Crippen LogP contribution in [0.15, 0.2) is 122 Å². The third-order valence-electron chi connectivity index (χ3n) is 7.96. The van der Waals surface area contributed by atoms with Crippen molar-refractivity contribution in [2.24, 2.45) is 0 Å². The Morgan fingerprint density at radius 2 is 1.12 bits per heavy atom. The lowest BCUT2D eigenvalue weighted by atomic mass is 10.0. The molecule has 0 spiro atoms. The van der Waals surface area contributed by atoms with Crippen LogP contribution in [0, 0.1) is 0 Å². The molecule has 0 fully saturated rings. The van der Waals surface area contributed by atoms with Gasteiger partial charge in [-0.15, -0.1) is 0 Å². The summed E-state index contributed by atoms with van der Waals surface area (Å²) in [6.45, 7) is 0. The zero-order valence-corrected chi connectivity index (χ0v) is 21.2. The van der Waals surface area contributed by atoms with E-state index in [4.69, 9.17) is 9.97 Å². The summed E-state index contributed by atoms with van der Waals surface area (Å²) in [6.07, 6.45) is 7.11. The second kappa shape index (κ2) is 7.94. The summed E-state index contributed by atoms with van der Waals surface area (Å²) in [5.74, 6) is 0. The second-order valence-corrected chi connectivity index (χ2v) is 10.0. The summed E-state index contributed by atoms with van der Waals surface area (Å²) in [7, 11) is 0. The van der Waals surface area contributed by atoms with Crippen molar-refractivity contribution in [3.05, 3.63) is 122 Å². The number of rotatable bonds is 2. The SMILES string of the molecule is c1ccc(-n2c3ccccc3c3c4cncnc4c4c5ccccc5n(-c5cccc6cncnc56)c4c32)cc1. The Labute approximate surface area is 227 Å². The van der Waals surface area contributed by atoms with Crippen molar-refractivity contribution in [2.45, 2.75) is 0 Å². The van der Waals surface area contributed by atoms with Gasteiger partial charge in [-0.1, -0.05) is 66.7 Å². The van der Waals surface area contributed by atoms with Crippen LogP contribution in [0.5, 0.6) is 0 Å². The van der Waals surface area contributed by atoms with E-state index in [0.29, 0.717) is 0 Å². The standard InChI is InChI=1S/C34H20N6/c1-2-10-22(11-3-1)39-26-14-6-4-12-23(26)29-25-18-36-20-38-32(25)30-24-13-5-7-15-27(24)40(34(30)33(29)39)28-16-8-9-21-17-35-19-37-31(21)28/h1-20H. The number of fused-ring (bicyclic) bond motifs is 11. The van der Waals surface area contributed by atoms with Crippen molar-refractivity contribution in [3.8, 4) is 11.4 Å². The largest absolute Gasteiger partial charge is 0.307 e. The summed E-state index contributed by atoms with van der Waals surface area (Å²) in [6, 6.07) is 34.0. The number of para-hydroxylation sites is 4. The first-order chi connectivity index (χ1) is 19.9. The fourth-order valence-electron chi connectivity index (χ4n) is 6.43. The lowest BCUT2D eigenvalue weighted by Crippen LogP contribution is -2.00. The van der Waals surface area contributed by atoms with E-state index in [1.807, 2.05) is 12.4 Å². The van der Waals surface area contributed by atoms with E-state index in [2.05, 4.69) is 116 Å². The predicted molar refractivity (Wildman–Crippen MR) is 161 cm³/mol. The van der Waals surface area contributed by atoms with Crippen LogP contribution in [0.25, 0.3) is 76.8 Å². The highest BCUT2D eigenvalue weighted by atomic mass is 15.1. The lowest BCUT2D eigenvalue weighted by molar-refractivity contribution is 1.14. The minimum Gasteiger partial charge on any atom is -0.307 e. The van der Waals surface area contributed by atoms with E-state index in [-0.39, 0.29) is 0 Å². The average molecular weight is 513 g/mol. The van der Waals surface area contributed by atoms with E-state index >= 15 is 0 Å². The minimum atomic E-state index is 0.901. The van der Waals surface area contributed by atoms with Gasteiger partial charge in [0.1, 0.15) is 12.7 Å². The van der Waals surface area contributed by atoms with Crippen LogP contribution in [-0.4, -0.2) is 29.1 Å². The van der Waals surface area contributed by atoms with E-state index in [1.165, 1.54) is 5.39 Å². The van der Waals surface area contributed by atoms with Gasteiger partial charge < -0.3 is 9.13 Å². The van der Waals surface area contributed by atoms with Gasteiger partial charge >= 0.3 is 0 Å². The van der Waals surface area contributed by atoms with Crippen LogP contribution >= 0.6 is 0 Å². The maximum absolute atomic E-state index is 4.91. The molecule has 0 bridgehead atoms. The van der Waals surface area contributed by atoms with Gasteiger partial charge in [-0.2, -0.15) is 0 Å². The van der Waals surface area contributed by atoms with Gasteiger partial charge in [0.25, 0.3) is 0 Å². The van der Waals surface area contributed by atoms with E-state index in [1.54, 1.807) is 12.7 Å². The quantitative estimate of drug-likeness (QED) is 0.237. The molecule has 0 atom stereocenters. The van der Waals surface area contributed by atoms with Crippen LogP contribution < -0.4 is 0 Å². The Balaban J connectivity index is 1.67. The molecule has 6 heteroatoms. The Hall–Kier alpha value is -5.62. The molecule has 0 aliphatic heterocycles. The fourth-order valence-corrected chi connectivity index (χ4v) is 6.43. The van der Waals surface area contributed by atoms with Crippen LogP contribution in [0.1, 0.15) is 0 Å². The van der Waals surface area contributed by atoms with Crippen LogP contribution in [-0.2, 0) is 0 Å². The maximum atomic E-state index is 4.91.